The molecule has 3 heteroatoms. The van der Waals surface area contributed by atoms with Gasteiger partial charge < -0.3 is 10.1 Å². The maximum Gasteiger partial charge on any atom is 0.306 e. The number of nitrogens with one attached hydrogen (secondary N) is 1. The SMILES string of the molecule is CCCOC(=O)CC(C)C1CCCNC1. The molecule has 0 amide bonds. The largest absolute Gasteiger partial charge is 0.466 e. The molecule has 1 heterocycles. The van der Waals surface area contributed by atoms with Gasteiger partial charge in [-0.05, 0) is 44.2 Å². The van der Waals surface area contributed by atoms with Gasteiger partial charge in [0.1, 0.15) is 0 Å². The number of rotatable bonds is 5. The van der Waals surface area contributed by atoms with Crippen LogP contribution >= 0.6 is 0 Å². The summed E-state index contributed by atoms with van der Waals surface area (Å²) in [5, 5.41) is 3.38. The normalized spacial score (nSPS) is 23.5. The van der Waals surface area contributed by atoms with Crippen LogP contribution in [0.15, 0.2) is 0 Å². The highest BCUT2D eigenvalue weighted by Crippen LogP contribution is 2.22. The zero-order chi connectivity index (χ0) is 11.1. The molecule has 0 aliphatic carbocycles. The average Bonchev–Trinajstić information content (AvgIpc) is 2.27. The van der Waals surface area contributed by atoms with Crippen LogP contribution in [0, 0.1) is 11.8 Å². The van der Waals surface area contributed by atoms with Gasteiger partial charge in [0.15, 0.2) is 0 Å². The predicted octanol–water partition coefficient (Wildman–Crippen LogP) is 1.97. The Morgan fingerprint density at radius 1 is 1.60 bits per heavy atom. The van der Waals surface area contributed by atoms with Crippen molar-refractivity contribution in [3.05, 3.63) is 0 Å². The molecule has 0 radical (unpaired) electrons. The molecular weight excluding hydrogens is 190 g/mol. The zero-order valence-electron chi connectivity index (χ0n) is 9.92. The zero-order valence-corrected chi connectivity index (χ0v) is 9.92. The third kappa shape index (κ3) is 4.65. The molecule has 88 valence electrons. The summed E-state index contributed by atoms with van der Waals surface area (Å²) >= 11 is 0. The minimum Gasteiger partial charge on any atom is -0.466 e. The maximum absolute atomic E-state index is 11.4. The second kappa shape index (κ2) is 6.83. The molecule has 1 fully saturated rings. The fourth-order valence-corrected chi connectivity index (χ4v) is 2.07. The van der Waals surface area contributed by atoms with E-state index in [1.807, 2.05) is 6.92 Å². The van der Waals surface area contributed by atoms with Crippen LogP contribution < -0.4 is 5.32 Å². The topological polar surface area (TPSA) is 38.3 Å². The second-order valence-corrected chi connectivity index (χ2v) is 4.51. The van der Waals surface area contributed by atoms with E-state index in [1.54, 1.807) is 0 Å². The van der Waals surface area contributed by atoms with Crippen LogP contribution in [0.1, 0.15) is 39.5 Å². The van der Waals surface area contributed by atoms with E-state index >= 15 is 0 Å². The summed E-state index contributed by atoms with van der Waals surface area (Å²) in [4.78, 5) is 11.4. The highest BCUT2D eigenvalue weighted by atomic mass is 16.5. The summed E-state index contributed by atoms with van der Waals surface area (Å²) in [5.74, 6) is 1.06. The summed E-state index contributed by atoms with van der Waals surface area (Å²) in [6, 6.07) is 0. The van der Waals surface area contributed by atoms with Crippen LogP contribution in [-0.4, -0.2) is 25.7 Å². The van der Waals surface area contributed by atoms with Crippen LogP contribution in [0.3, 0.4) is 0 Å². The van der Waals surface area contributed by atoms with E-state index in [1.165, 1.54) is 12.8 Å². The summed E-state index contributed by atoms with van der Waals surface area (Å²) in [7, 11) is 0. The monoisotopic (exact) mass is 213 g/mol. The molecule has 3 nitrogen and oxygen atoms in total. The molecule has 0 saturated carbocycles. The van der Waals surface area contributed by atoms with Gasteiger partial charge in [-0.1, -0.05) is 13.8 Å². The lowest BCUT2D eigenvalue weighted by molar-refractivity contribution is -0.145. The highest BCUT2D eigenvalue weighted by molar-refractivity contribution is 5.69. The molecule has 15 heavy (non-hydrogen) atoms. The van der Waals surface area contributed by atoms with E-state index in [2.05, 4.69) is 12.2 Å². The minimum atomic E-state index is -0.0325. The lowest BCUT2D eigenvalue weighted by Crippen LogP contribution is -2.34. The summed E-state index contributed by atoms with van der Waals surface area (Å²) in [6.45, 7) is 6.92. The van der Waals surface area contributed by atoms with Crippen LogP contribution in [0.5, 0.6) is 0 Å². The Bertz CT molecular complexity index is 188. The lowest BCUT2D eigenvalue weighted by atomic mass is 9.85. The smallest absolute Gasteiger partial charge is 0.306 e. The van der Waals surface area contributed by atoms with Crippen molar-refractivity contribution in [2.75, 3.05) is 19.7 Å². The average molecular weight is 213 g/mol. The Balaban J connectivity index is 2.21. The van der Waals surface area contributed by atoms with Crippen LogP contribution in [0.25, 0.3) is 0 Å². The van der Waals surface area contributed by atoms with Gasteiger partial charge in [-0.2, -0.15) is 0 Å². The first-order chi connectivity index (χ1) is 7.24. The molecule has 1 rings (SSSR count). The summed E-state index contributed by atoms with van der Waals surface area (Å²) in [6.07, 6.45) is 3.96. The van der Waals surface area contributed by atoms with E-state index in [0.717, 1.165) is 19.5 Å². The van der Waals surface area contributed by atoms with Gasteiger partial charge in [-0.15, -0.1) is 0 Å². The van der Waals surface area contributed by atoms with E-state index in [9.17, 15) is 4.79 Å². The van der Waals surface area contributed by atoms with Crippen molar-refractivity contribution in [3.8, 4) is 0 Å². The van der Waals surface area contributed by atoms with Gasteiger partial charge in [0.2, 0.25) is 0 Å². The van der Waals surface area contributed by atoms with E-state index in [-0.39, 0.29) is 5.97 Å². The Kier molecular flexibility index (Phi) is 5.69. The second-order valence-electron chi connectivity index (χ2n) is 4.51. The lowest BCUT2D eigenvalue weighted by Gasteiger charge is -2.27. The summed E-state index contributed by atoms with van der Waals surface area (Å²) < 4.78 is 5.09. The summed E-state index contributed by atoms with van der Waals surface area (Å²) in [5.41, 5.74) is 0. The number of hydrogen-bond acceptors (Lipinski definition) is 3. The number of piperidine rings is 1. The highest BCUT2D eigenvalue weighted by Gasteiger charge is 2.22. The Morgan fingerprint density at radius 2 is 2.40 bits per heavy atom. The van der Waals surface area contributed by atoms with Gasteiger partial charge in [0.05, 0.1) is 6.61 Å². The quantitative estimate of drug-likeness (QED) is 0.710. The Labute approximate surface area is 92.6 Å². The van der Waals surface area contributed by atoms with Crippen molar-refractivity contribution >= 4 is 5.97 Å². The first kappa shape index (κ1) is 12.5. The molecule has 1 N–H and O–H groups in total. The van der Waals surface area contributed by atoms with Gasteiger partial charge in [0.25, 0.3) is 0 Å². The molecule has 1 aliphatic heterocycles. The molecular formula is C12H23NO2. The number of esters is 1. The first-order valence-corrected chi connectivity index (χ1v) is 6.10. The fraction of sp³-hybridized carbons (Fsp3) is 0.917. The van der Waals surface area contributed by atoms with Crippen molar-refractivity contribution in [2.24, 2.45) is 11.8 Å². The van der Waals surface area contributed by atoms with Crippen molar-refractivity contribution in [2.45, 2.75) is 39.5 Å². The number of ether oxygens (including phenoxy) is 1. The van der Waals surface area contributed by atoms with E-state index in [0.29, 0.717) is 24.9 Å². The van der Waals surface area contributed by atoms with Gasteiger partial charge in [0, 0.05) is 6.42 Å². The molecule has 1 saturated heterocycles. The number of carbonyl (C=O) groups is 1. The molecule has 0 aromatic rings. The Hall–Kier alpha value is -0.570. The molecule has 0 bridgehead atoms. The maximum atomic E-state index is 11.4. The third-order valence-corrected chi connectivity index (χ3v) is 3.10. The van der Waals surface area contributed by atoms with Crippen molar-refractivity contribution in [1.82, 2.24) is 5.32 Å². The van der Waals surface area contributed by atoms with Crippen LogP contribution in [-0.2, 0) is 9.53 Å². The molecule has 2 unspecified atom stereocenters. The van der Waals surface area contributed by atoms with Gasteiger partial charge in [-0.3, -0.25) is 4.79 Å². The van der Waals surface area contributed by atoms with Crippen LogP contribution in [0.4, 0.5) is 0 Å². The standard InChI is InChI=1S/C12H23NO2/c1-3-7-15-12(14)8-10(2)11-5-4-6-13-9-11/h10-11,13H,3-9H2,1-2H3. The van der Waals surface area contributed by atoms with Crippen molar-refractivity contribution in [1.29, 1.82) is 0 Å². The minimum absolute atomic E-state index is 0.0325. The van der Waals surface area contributed by atoms with E-state index < -0.39 is 0 Å². The van der Waals surface area contributed by atoms with E-state index in [4.69, 9.17) is 4.74 Å². The Morgan fingerprint density at radius 3 is 3.00 bits per heavy atom. The fourth-order valence-electron chi connectivity index (χ4n) is 2.07. The first-order valence-electron chi connectivity index (χ1n) is 6.10. The molecule has 1 aliphatic rings. The molecule has 0 spiro atoms. The molecule has 2 atom stereocenters. The van der Waals surface area contributed by atoms with Gasteiger partial charge in [-0.25, -0.2) is 0 Å². The molecule has 0 aromatic heterocycles. The van der Waals surface area contributed by atoms with Crippen molar-refractivity contribution < 1.29 is 9.53 Å². The third-order valence-electron chi connectivity index (χ3n) is 3.10. The number of carbonyl (C=O) groups excluding carboxylic acids is 1. The number of hydrogen-bond donors (Lipinski definition) is 1. The van der Waals surface area contributed by atoms with Gasteiger partial charge >= 0.3 is 5.97 Å². The van der Waals surface area contributed by atoms with Crippen LogP contribution in [0.2, 0.25) is 0 Å². The predicted molar refractivity (Wildman–Crippen MR) is 60.6 cm³/mol. The molecule has 0 aromatic carbocycles. The van der Waals surface area contributed by atoms with Crippen molar-refractivity contribution in [3.63, 3.8) is 0 Å².